The van der Waals surface area contributed by atoms with E-state index in [0.29, 0.717) is 6.42 Å². The van der Waals surface area contributed by atoms with E-state index in [4.69, 9.17) is 23.7 Å². The lowest BCUT2D eigenvalue weighted by atomic mass is 9.72. The van der Waals surface area contributed by atoms with Crippen LogP contribution in [0.1, 0.15) is 34.1 Å². The van der Waals surface area contributed by atoms with Gasteiger partial charge in [0.15, 0.2) is 17.8 Å². The molecule has 1 aliphatic heterocycles. The van der Waals surface area contributed by atoms with E-state index in [9.17, 15) is 19.2 Å². The van der Waals surface area contributed by atoms with E-state index in [0.717, 1.165) is 0 Å². The molecular formula is C16H22O9. The largest absolute Gasteiger partial charge is 0.461 e. The van der Waals surface area contributed by atoms with Gasteiger partial charge in [0.05, 0.1) is 12.7 Å². The molecule has 1 saturated carbocycles. The zero-order valence-corrected chi connectivity index (χ0v) is 14.6. The van der Waals surface area contributed by atoms with Crippen LogP contribution in [0, 0.1) is 5.92 Å². The highest BCUT2D eigenvalue weighted by Crippen LogP contribution is 2.46. The molecule has 0 aromatic carbocycles. The normalized spacial score (nSPS) is 33.3. The first kappa shape index (κ1) is 19.2. The number of rotatable bonds is 5. The van der Waals surface area contributed by atoms with E-state index in [1.54, 1.807) is 0 Å². The molecular weight excluding hydrogens is 336 g/mol. The van der Waals surface area contributed by atoms with Crippen LogP contribution < -0.4 is 0 Å². The maximum absolute atomic E-state index is 11.7. The molecule has 9 nitrogen and oxygen atoms in total. The van der Waals surface area contributed by atoms with Crippen molar-refractivity contribution in [3.8, 4) is 0 Å². The fraction of sp³-hybridized carbons (Fsp3) is 0.750. The van der Waals surface area contributed by atoms with E-state index in [1.165, 1.54) is 27.7 Å². The van der Waals surface area contributed by atoms with Crippen LogP contribution in [0.15, 0.2) is 0 Å². The molecule has 0 radical (unpaired) electrons. The van der Waals surface area contributed by atoms with E-state index in [1.807, 2.05) is 0 Å². The summed E-state index contributed by atoms with van der Waals surface area (Å²) in [6.45, 7) is 4.66. The fourth-order valence-corrected chi connectivity index (χ4v) is 3.46. The van der Waals surface area contributed by atoms with Crippen molar-refractivity contribution in [2.75, 3.05) is 13.2 Å². The average Bonchev–Trinajstić information content (AvgIpc) is 2.92. The molecule has 0 aromatic rings. The molecule has 2 rings (SSSR count). The highest BCUT2D eigenvalue weighted by molar-refractivity contribution is 5.69. The first-order valence-corrected chi connectivity index (χ1v) is 7.94. The predicted octanol–water partition coefficient (Wildman–Crippen LogP) is 0.134. The molecule has 2 aliphatic rings. The van der Waals surface area contributed by atoms with Gasteiger partial charge < -0.3 is 23.7 Å². The molecule has 0 aromatic heterocycles. The van der Waals surface area contributed by atoms with Gasteiger partial charge in [0, 0.05) is 33.6 Å². The van der Waals surface area contributed by atoms with Crippen molar-refractivity contribution < 1.29 is 42.9 Å². The second-order valence-corrected chi connectivity index (χ2v) is 6.24. The Bertz CT molecular complexity index is 572. The van der Waals surface area contributed by atoms with Crippen LogP contribution in [0.4, 0.5) is 0 Å². The van der Waals surface area contributed by atoms with Crippen LogP contribution in [0.5, 0.6) is 0 Å². The zero-order valence-electron chi connectivity index (χ0n) is 14.6. The van der Waals surface area contributed by atoms with Gasteiger partial charge in [-0.05, 0) is 6.42 Å². The molecule has 0 spiro atoms. The third-order valence-corrected chi connectivity index (χ3v) is 4.30. The van der Waals surface area contributed by atoms with Crippen molar-refractivity contribution in [2.24, 2.45) is 5.92 Å². The quantitative estimate of drug-likeness (QED) is 0.500. The van der Waals surface area contributed by atoms with Crippen molar-refractivity contribution in [1.29, 1.82) is 0 Å². The van der Waals surface area contributed by atoms with Gasteiger partial charge in [-0.3, -0.25) is 19.2 Å². The van der Waals surface area contributed by atoms with Crippen LogP contribution in [0.25, 0.3) is 0 Å². The summed E-state index contributed by atoms with van der Waals surface area (Å²) in [6, 6.07) is 0. The monoisotopic (exact) mass is 358 g/mol. The number of hydrogen-bond donors (Lipinski definition) is 0. The van der Waals surface area contributed by atoms with E-state index >= 15 is 0 Å². The summed E-state index contributed by atoms with van der Waals surface area (Å²) in [7, 11) is 0. The zero-order chi connectivity index (χ0) is 18.8. The van der Waals surface area contributed by atoms with Crippen LogP contribution in [-0.4, -0.2) is 61.0 Å². The molecule has 0 N–H and O–H groups in total. The lowest BCUT2D eigenvalue weighted by Gasteiger charge is -2.47. The summed E-state index contributed by atoms with van der Waals surface area (Å²) in [5, 5.41) is 0. The van der Waals surface area contributed by atoms with Crippen molar-refractivity contribution >= 4 is 23.9 Å². The van der Waals surface area contributed by atoms with E-state index in [2.05, 4.69) is 0 Å². The number of hydrogen-bond acceptors (Lipinski definition) is 9. The first-order valence-electron chi connectivity index (χ1n) is 7.94. The second-order valence-electron chi connectivity index (χ2n) is 6.24. The highest BCUT2D eigenvalue weighted by atomic mass is 16.6. The molecule has 1 saturated heterocycles. The van der Waals surface area contributed by atoms with Gasteiger partial charge in [-0.25, -0.2) is 0 Å². The molecule has 1 heterocycles. The van der Waals surface area contributed by atoms with E-state index in [-0.39, 0.29) is 19.1 Å². The van der Waals surface area contributed by atoms with Gasteiger partial charge in [0.1, 0.15) is 6.61 Å². The predicted molar refractivity (Wildman–Crippen MR) is 80.1 cm³/mol. The highest BCUT2D eigenvalue weighted by Gasteiger charge is 2.64. The van der Waals surface area contributed by atoms with Gasteiger partial charge >= 0.3 is 23.9 Å². The molecule has 2 bridgehead atoms. The Morgan fingerprint density at radius 3 is 2.12 bits per heavy atom. The molecule has 140 valence electrons. The Balaban J connectivity index is 2.47. The fourth-order valence-electron chi connectivity index (χ4n) is 3.46. The number of esters is 4. The summed E-state index contributed by atoms with van der Waals surface area (Å²) in [5.74, 6) is -2.85. The number of carbonyl (C=O) groups excluding carboxylic acids is 4. The minimum absolute atomic E-state index is 0.189. The van der Waals surface area contributed by atoms with Crippen molar-refractivity contribution in [1.82, 2.24) is 0 Å². The van der Waals surface area contributed by atoms with Crippen molar-refractivity contribution in [3.05, 3.63) is 0 Å². The molecule has 9 heteroatoms. The number of carbonyl (C=O) groups is 4. The minimum Gasteiger partial charge on any atom is -0.461 e. The summed E-state index contributed by atoms with van der Waals surface area (Å²) in [6.07, 6.45) is -2.22. The Labute approximate surface area is 144 Å². The molecule has 0 amide bonds. The number of ether oxygens (including phenoxy) is 5. The lowest BCUT2D eigenvalue weighted by molar-refractivity contribution is -0.236. The second kappa shape index (κ2) is 7.38. The lowest BCUT2D eigenvalue weighted by Crippen LogP contribution is -2.66. The molecule has 5 atom stereocenters. The smallest absolute Gasteiger partial charge is 0.303 e. The Hall–Kier alpha value is -2.16. The van der Waals surface area contributed by atoms with E-state index < -0.39 is 47.8 Å². The third-order valence-electron chi connectivity index (χ3n) is 4.30. The Morgan fingerprint density at radius 2 is 1.60 bits per heavy atom. The minimum atomic E-state index is -1.49. The van der Waals surface area contributed by atoms with Crippen LogP contribution >= 0.6 is 0 Å². The molecule has 2 fully saturated rings. The molecule has 1 aliphatic carbocycles. The maximum atomic E-state index is 11.7. The number of fused-ring (bicyclic) bond motifs is 2. The van der Waals surface area contributed by atoms with Crippen LogP contribution in [0.3, 0.4) is 0 Å². The summed E-state index contributed by atoms with van der Waals surface area (Å²) < 4.78 is 26.9. The van der Waals surface area contributed by atoms with Gasteiger partial charge in [-0.2, -0.15) is 0 Å². The summed E-state index contributed by atoms with van der Waals surface area (Å²) >= 11 is 0. The van der Waals surface area contributed by atoms with Crippen molar-refractivity contribution in [2.45, 2.75) is 58.0 Å². The molecule has 0 unspecified atom stereocenters. The van der Waals surface area contributed by atoms with Gasteiger partial charge in [0.2, 0.25) is 0 Å². The first-order chi connectivity index (χ1) is 11.7. The molecule has 25 heavy (non-hydrogen) atoms. The summed E-state index contributed by atoms with van der Waals surface area (Å²) in [5.41, 5.74) is -1.49. The topological polar surface area (TPSA) is 114 Å². The Kier molecular flexibility index (Phi) is 5.66. The van der Waals surface area contributed by atoms with Gasteiger partial charge in [0.25, 0.3) is 0 Å². The van der Waals surface area contributed by atoms with Gasteiger partial charge in [-0.1, -0.05) is 0 Å². The van der Waals surface area contributed by atoms with Crippen molar-refractivity contribution in [3.63, 3.8) is 0 Å². The Morgan fingerprint density at radius 1 is 0.960 bits per heavy atom. The van der Waals surface area contributed by atoms with Gasteiger partial charge in [-0.15, -0.1) is 0 Å². The van der Waals surface area contributed by atoms with Crippen LogP contribution in [0.2, 0.25) is 0 Å². The summed E-state index contributed by atoms with van der Waals surface area (Å²) in [4.78, 5) is 46.2. The standard InChI is InChI=1S/C16H22O9/c1-8(17)22-7-16(25-11(4)20)12-5-13(21-6-12)14(23-9(2)18)15(16)24-10(3)19/h12-15H,5-7H2,1-4H3/t12-,13-,14+,15+,16+/m0/s1. The average molecular weight is 358 g/mol. The maximum Gasteiger partial charge on any atom is 0.303 e. The third kappa shape index (κ3) is 4.09. The SMILES string of the molecule is CC(=O)OC[C@@]1(OC(C)=O)[C@@H]2CO[C@@H](C2)[C@@H](OC(C)=O)[C@H]1OC(C)=O. The van der Waals surface area contributed by atoms with Crippen LogP contribution in [-0.2, 0) is 42.9 Å².